The normalized spacial score (nSPS) is 52.5. The first kappa shape index (κ1) is 20.0. The van der Waals surface area contributed by atoms with Crippen LogP contribution in [0.25, 0.3) is 0 Å². The van der Waals surface area contributed by atoms with Gasteiger partial charge in [-0.3, -0.25) is 9.59 Å². The van der Waals surface area contributed by atoms with Crippen LogP contribution in [0.2, 0.25) is 0 Å². The van der Waals surface area contributed by atoms with Crippen molar-refractivity contribution in [1.29, 1.82) is 0 Å². The van der Waals surface area contributed by atoms with E-state index in [1.54, 1.807) is 19.1 Å². The van der Waals surface area contributed by atoms with Crippen molar-refractivity contribution in [2.24, 2.45) is 28.6 Å². The van der Waals surface area contributed by atoms with Crippen molar-refractivity contribution in [2.75, 3.05) is 6.61 Å². The summed E-state index contributed by atoms with van der Waals surface area (Å²) < 4.78 is 0. The molecule has 4 rings (SSSR count). The van der Waals surface area contributed by atoms with E-state index in [-0.39, 0.29) is 30.0 Å². The Kier molecular flexibility index (Phi) is 4.17. The lowest BCUT2D eigenvalue weighted by atomic mass is 9.44. The molecule has 3 saturated carbocycles. The van der Waals surface area contributed by atoms with E-state index < -0.39 is 40.5 Å². The molecule has 28 heavy (non-hydrogen) atoms. The maximum atomic E-state index is 12.6. The third-order valence-electron chi connectivity index (χ3n) is 8.88. The van der Waals surface area contributed by atoms with Crippen LogP contribution in [0.15, 0.2) is 23.8 Å². The Labute approximate surface area is 165 Å². The Hall–Kier alpha value is -1.34. The van der Waals surface area contributed by atoms with Gasteiger partial charge in [-0.2, -0.15) is 0 Å². The fraction of sp³-hybridized carbons (Fsp3) is 0.727. The third kappa shape index (κ3) is 2.02. The van der Waals surface area contributed by atoms with Crippen LogP contribution in [-0.4, -0.2) is 55.9 Å². The largest absolute Gasteiger partial charge is 0.390 e. The molecule has 3 fully saturated rings. The summed E-state index contributed by atoms with van der Waals surface area (Å²) in [6, 6.07) is 0. The minimum absolute atomic E-state index is 0.0574. The van der Waals surface area contributed by atoms with Crippen LogP contribution in [0.4, 0.5) is 0 Å². The highest BCUT2D eigenvalue weighted by molar-refractivity contribution is 6.01. The lowest BCUT2D eigenvalue weighted by Gasteiger charge is -2.64. The molecule has 6 nitrogen and oxygen atoms in total. The number of hydrogen-bond acceptors (Lipinski definition) is 6. The first-order valence-electron chi connectivity index (χ1n) is 10.2. The van der Waals surface area contributed by atoms with Crippen LogP contribution in [0.1, 0.15) is 46.5 Å². The molecule has 0 aliphatic heterocycles. The van der Waals surface area contributed by atoms with Crippen molar-refractivity contribution in [2.45, 2.75) is 63.8 Å². The quantitative estimate of drug-likeness (QED) is 0.557. The fourth-order valence-electron chi connectivity index (χ4n) is 7.31. The van der Waals surface area contributed by atoms with E-state index in [1.807, 2.05) is 13.8 Å². The van der Waals surface area contributed by atoms with Gasteiger partial charge in [0.05, 0.1) is 6.10 Å². The van der Waals surface area contributed by atoms with E-state index in [2.05, 4.69) is 0 Å². The molecule has 0 saturated heterocycles. The molecular formula is C22H30O6. The molecule has 154 valence electrons. The van der Waals surface area contributed by atoms with E-state index in [9.17, 15) is 30.0 Å². The topological polar surface area (TPSA) is 115 Å². The molecule has 0 aromatic carbocycles. The maximum Gasteiger partial charge on any atom is 0.190 e. The van der Waals surface area contributed by atoms with Crippen molar-refractivity contribution >= 4 is 11.6 Å². The molecule has 6 heteroatoms. The van der Waals surface area contributed by atoms with Crippen LogP contribution in [0.5, 0.6) is 0 Å². The number of Topliss-reactive ketones (excluding diaryl/α,β-unsaturated/α-hetero) is 1. The number of carbonyl (C=O) groups excluding carboxylic acids is 2. The first-order chi connectivity index (χ1) is 13.0. The van der Waals surface area contributed by atoms with Crippen LogP contribution in [0.3, 0.4) is 0 Å². The molecule has 0 heterocycles. The minimum Gasteiger partial charge on any atom is -0.390 e. The Morgan fingerprint density at radius 2 is 1.93 bits per heavy atom. The van der Waals surface area contributed by atoms with Crippen LogP contribution in [-0.2, 0) is 9.59 Å². The van der Waals surface area contributed by atoms with E-state index in [4.69, 9.17) is 0 Å². The first-order valence-corrected chi connectivity index (χ1v) is 10.2. The van der Waals surface area contributed by atoms with Crippen molar-refractivity contribution < 1.29 is 30.0 Å². The predicted molar refractivity (Wildman–Crippen MR) is 101 cm³/mol. The zero-order chi connectivity index (χ0) is 20.7. The second-order valence-corrected chi connectivity index (χ2v) is 9.81. The molecule has 0 spiro atoms. The fourth-order valence-corrected chi connectivity index (χ4v) is 7.31. The molecule has 0 aromatic heterocycles. The Balaban J connectivity index is 1.84. The molecule has 0 amide bonds. The van der Waals surface area contributed by atoms with Gasteiger partial charge in [0.25, 0.3) is 0 Å². The lowest BCUT2D eigenvalue weighted by Crippen LogP contribution is -2.71. The van der Waals surface area contributed by atoms with Gasteiger partial charge in [-0.1, -0.05) is 25.5 Å². The highest BCUT2D eigenvalue weighted by Crippen LogP contribution is 2.69. The van der Waals surface area contributed by atoms with Gasteiger partial charge in [0.1, 0.15) is 17.8 Å². The van der Waals surface area contributed by atoms with Gasteiger partial charge in [0, 0.05) is 10.8 Å². The average Bonchev–Trinajstić information content (AvgIpc) is 2.84. The van der Waals surface area contributed by atoms with E-state index in [1.165, 1.54) is 6.08 Å². The Bertz CT molecular complexity index is 801. The van der Waals surface area contributed by atoms with Crippen molar-refractivity contribution in [3.63, 3.8) is 0 Å². The lowest BCUT2D eigenvalue weighted by molar-refractivity contribution is -0.249. The van der Waals surface area contributed by atoms with Crippen molar-refractivity contribution in [3.8, 4) is 0 Å². The number of rotatable bonds is 2. The number of aliphatic hydroxyl groups excluding tert-OH is 2. The van der Waals surface area contributed by atoms with E-state index >= 15 is 0 Å². The maximum absolute atomic E-state index is 12.6. The van der Waals surface area contributed by atoms with Gasteiger partial charge < -0.3 is 20.4 Å². The third-order valence-corrected chi connectivity index (χ3v) is 8.88. The van der Waals surface area contributed by atoms with Crippen molar-refractivity contribution in [3.05, 3.63) is 23.8 Å². The number of ketones is 2. The molecule has 4 aliphatic carbocycles. The summed E-state index contributed by atoms with van der Waals surface area (Å²) in [6.07, 6.45) is 5.36. The number of hydrogen-bond donors (Lipinski definition) is 4. The van der Waals surface area contributed by atoms with Crippen LogP contribution in [0, 0.1) is 28.6 Å². The predicted octanol–water partition coefficient (Wildman–Crippen LogP) is 0.918. The molecule has 4 N–H and O–H groups in total. The zero-order valence-corrected chi connectivity index (χ0v) is 16.7. The molecule has 0 radical (unpaired) electrons. The van der Waals surface area contributed by atoms with Gasteiger partial charge in [-0.15, -0.1) is 0 Å². The molecule has 4 aliphatic rings. The summed E-state index contributed by atoms with van der Waals surface area (Å²) in [5.74, 6) is -1.62. The number of allylic oxidation sites excluding steroid dienone is 2. The van der Waals surface area contributed by atoms with Gasteiger partial charge in [0.2, 0.25) is 0 Å². The summed E-state index contributed by atoms with van der Waals surface area (Å²) in [7, 11) is 0. The molecule has 8 atom stereocenters. The number of carbonyl (C=O) groups is 2. The summed E-state index contributed by atoms with van der Waals surface area (Å²) in [4.78, 5) is 24.5. The second kappa shape index (κ2) is 5.85. The Morgan fingerprint density at radius 1 is 1.25 bits per heavy atom. The van der Waals surface area contributed by atoms with E-state index in [0.29, 0.717) is 19.3 Å². The van der Waals surface area contributed by atoms with Crippen LogP contribution < -0.4 is 0 Å². The summed E-state index contributed by atoms with van der Waals surface area (Å²) in [6.45, 7) is 4.73. The number of fused-ring (bicyclic) bond motifs is 5. The van der Waals surface area contributed by atoms with Crippen molar-refractivity contribution in [1.82, 2.24) is 0 Å². The van der Waals surface area contributed by atoms with Gasteiger partial charge >= 0.3 is 0 Å². The second-order valence-electron chi connectivity index (χ2n) is 9.81. The van der Waals surface area contributed by atoms with Crippen LogP contribution >= 0.6 is 0 Å². The summed E-state index contributed by atoms with van der Waals surface area (Å²) in [5, 5.41) is 44.1. The molecule has 2 unspecified atom stereocenters. The van der Waals surface area contributed by atoms with Gasteiger partial charge in [-0.05, 0) is 62.5 Å². The highest BCUT2D eigenvalue weighted by atomic mass is 16.3. The average molecular weight is 390 g/mol. The van der Waals surface area contributed by atoms with Gasteiger partial charge in [0.15, 0.2) is 11.6 Å². The minimum atomic E-state index is -1.73. The molecule has 0 aromatic rings. The van der Waals surface area contributed by atoms with Gasteiger partial charge in [-0.25, -0.2) is 0 Å². The number of aliphatic hydroxyl groups is 4. The standard InChI is InChI=1S/C22H30O6/c1-12-8-16-15-5-4-13-9-14(24)6-7-19(13,2)22(15,28)17(25)10-20(16,3)21(12,27)18(26)11-23/h6-7,9,12,15-17,23,25,27-28H,4-5,8,10-11H2,1-3H3/t12?,15-,16-,17?,19-,20-,21-,22-/m0/s1. The Morgan fingerprint density at radius 3 is 2.57 bits per heavy atom. The summed E-state index contributed by atoms with van der Waals surface area (Å²) in [5.41, 5.74) is -4.19. The monoisotopic (exact) mass is 390 g/mol. The summed E-state index contributed by atoms with van der Waals surface area (Å²) >= 11 is 0. The zero-order valence-electron chi connectivity index (χ0n) is 16.7. The highest BCUT2D eigenvalue weighted by Gasteiger charge is 2.74. The molecular weight excluding hydrogens is 360 g/mol. The smallest absolute Gasteiger partial charge is 0.190 e. The molecule has 0 bridgehead atoms. The van der Waals surface area contributed by atoms with E-state index in [0.717, 1.165) is 5.57 Å². The SMILES string of the molecule is CC1C[C@H]2[C@@H]3CCC4=CC(=O)C=C[C@]4(C)[C@@]3(O)C(O)C[C@]2(C)[C@@]1(O)C(=O)CO.